The van der Waals surface area contributed by atoms with Crippen molar-refractivity contribution in [2.24, 2.45) is 7.05 Å². The Bertz CT molecular complexity index is 557. The molecule has 0 spiro atoms. The second-order valence-corrected chi connectivity index (χ2v) is 2.83. The Morgan fingerprint density at radius 2 is 2.07 bits per heavy atom. The summed E-state index contributed by atoms with van der Waals surface area (Å²) in [5.74, 6) is 0. The fourth-order valence-electron chi connectivity index (χ4n) is 1.31. The Morgan fingerprint density at radius 3 is 2.67 bits per heavy atom. The number of nitriles is 1. The number of hydrogen-bond acceptors (Lipinski definition) is 2. The predicted octanol–water partition coefficient (Wildman–Crippen LogP) is 1.76. The monoisotopic (exact) mass is 203 g/mol. The van der Waals surface area contributed by atoms with E-state index in [1.165, 1.54) is 4.57 Å². The van der Waals surface area contributed by atoms with E-state index < -0.39 is 0 Å². The van der Waals surface area contributed by atoms with Crippen LogP contribution in [0.5, 0.6) is 0 Å². The van der Waals surface area contributed by atoms with Crippen LogP contribution in [0.25, 0.3) is 11.0 Å². The summed E-state index contributed by atoms with van der Waals surface area (Å²) in [6.07, 6.45) is 0. The van der Waals surface area contributed by atoms with Gasteiger partial charge >= 0.3 is 5.69 Å². The number of nitrogens with one attached hydrogen (secondary N) is 1. The number of benzene rings is 1. The molecule has 15 heavy (non-hydrogen) atoms. The molecule has 1 aromatic heterocycles. The normalized spacial score (nSPS) is 9.20. The number of imidazole rings is 1. The molecule has 1 heterocycles. The zero-order valence-corrected chi connectivity index (χ0v) is 9.03. The first-order chi connectivity index (χ1) is 7.22. The van der Waals surface area contributed by atoms with Crippen LogP contribution < -0.4 is 5.69 Å². The van der Waals surface area contributed by atoms with Gasteiger partial charge in [0.1, 0.15) is 0 Å². The first-order valence-corrected chi connectivity index (χ1v) is 4.81. The maximum absolute atomic E-state index is 11.2. The van der Waals surface area contributed by atoms with Crippen LogP contribution in [0.2, 0.25) is 0 Å². The van der Waals surface area contributed by atoms with E-state index >= 15 is 0 Å². The molecule has 0 amide bonds. The van der Waals surface area contributed by atoms with Crippen LogP contribution in [0.3, 0.4) is 0 Å². The average Bonchev–Trinajstić information content (AvgIpc) is 2.57. The van der Waals surface area contributed by atoms with Gasteiger partial charge in [-0.05, 0) is 18.2 Å². The van der Waals surface area contributed by atoms with Gasteiger partial charge in [0.2, 0.25) is 0 Å². The minimum absolute atomic E-state index is 0.162. The van der Waals surface area contributed by atoms with Gasteiger partial charge in [-0.25, -0.2) is 4.79 Å². The molecule has 1 N–H and O–H groups in total. The van der Waals surface area contributed by atoms with Gasteiger partial charge < -0.3 is 4.98 Å². The minimum Gasteiger partial charge on any atom is -0.306 e. The first kappa shape index (κ1) is 11.1. The summed E-state index contributed by atoms with van der Waals surface area (Å²) in [6.45, 7) is 4.00. The summed E-state index contributed by atoms with van der Waals surface area (Å²) in [5.41, 5.74) is 1.90. The zero-order valence-electron chi connectivity index (χ0n) is 9.03. The molecule has 2 aromatic rings. The third-order valence-electron chi connectivity index (χ3n) is 2.03. The average molecular weight is 203 g/mol. The molecular formula is C11H13N3O. The van der Waals surface area contributed by atoms with Crippen molar-refractivity contribution >= 4 is 11.0 Å². The lowest BCUT2D eigenvalue weighted by atomic mass is 10.2. The van der Waals surface area contributed by atoms with E-state index in [4.69, 9.17) is 5.26 Å². The molecular weight excluding hydrogens is 190 g/mol. The number of aromatic amines is 1. The Kier molecular flexibility index (Phi) is 3.29. The lowest BCUT2D eigenvalue weighted by molar-refractivity contribution is 0.891. The summed E-state index contributed by atoms with van der Waals surface area (Å²) in [7, 11) is 1.69. The van der Waals surface area contributed by atoms with E-state index in [0.717, 1.165) is 5.52 Å². The van der Waals surface area contributed by atoms with Crippen molar-refractivity contribution in [1.29, 1.82) is 5.26 Å². The van der Waals surface area contributed by atoms with Gasteiger partial charge in [-0.2, -0.15) is 5.26 Å². The fraction of sp³-hybridized carbons (Fsp3) is 0.273. The molecule has 0 saturated heterocycles. The number of H-pyrrole nitrogens is 1. The van der Waals surface area contributed by atoms with Crippen molar-refractivity contribution in [3.8, 4) is 6.07 Å². The highest BCUT2D eigenvalue weighted by Crippen LogP contribution is 2.10. The van der Waals surface area contributed by atoms with Crippen LogP contribution in [0.4, 0.5) is 0 Å². The van der Waals surface area contributed by atoms with Crippen molar-refractivity contribution in [3.05, 3.63) is 34.2 Å². The van der Waals surface area contributed by atoms with Crippen molar-refractivity contribution < 1.29 is 0 Å². The third kappa shape index (κ3) is 1.91. The van der Waals surface area contributed by atoms with E-state index in [9.17, 15) is 4.79 Å². The number of aryl methyl sites for hydroxylation is 1. The highest BCUT2D eigenvalue weighted by molar-refractivity contribution is 5.76. The molecule has 0 saturated carbocycles. The highest BCUT2D eigenvalue weighted by Gasteiger charge is 2.02. The van der Waals surface area contributed by atoms with Gasteiger partial charge in [-0.3, -0.25) is 4.57 Å². The highest BCUT2D eigenvalue weighted by atomic mass is 16.1. The number of nitrogens with zero attached hydrogens (tertiary/aromatic N) is 2. The second-order valence-electron chi connectivity index (χ2n) is 2.83. The van der Waals surface area contributed by atoms with Crippen molar-refractivity contribution in [1.82, 2.24) is 9.55 Å². The Morgan fingerprint density at radius 1 is 1.40 bits per heavy atom. The van der Waals surface area contributed by atoms with Crippen LogP contribution in [0, 0.1) is 11.3 Å². The topological polar surface area (TPSA) is 61.6 Å². The molecule has 78 valence electrons. The number of fused-ring (bicyclic) bond motifs is 1. The van der Waals surface area contributed by atoms with Crippen LogP contribution in [-0.4, -0.2) is 9.55 Å². The Balaban J connectivity index is 0.000000531. The predicted molar refractivity (Wildman–Crippen MR) is 59.6 cm³/mol. The summed E-state index contributed by atoms with van der Waals surface area (Å²) in [5, 5.41) is 8.62. The van der Waals surface area contributed by atoms with Crippen molar-refractivity contribution in [2.75, 3.05) is 0 Å². The lowest BCUT2D eigenvalue weighted by Gasteiger charge is -1.92. The summed E-state index contributed by atoms with van der Waals surface area (Å²) >= 11 is 0. The number of hydrogen-bond donors (Lipinski definition) is 1. The SMILES string of the molecule is CC.Cn1c(=O)[nH]c2cc(C#N)ccc21. The molecule has 2 rings (SSSR count). The van der Waals surface area contributed by atoms with Gasteiger partial charge in [0, 0.05) is 7.05 Å². The molecule has 0 aliphatic heterocycles. The van der Waals surface area contributed by atoms with Crippen LogP contribution >= 0.6 is 0 Å². The molecule has 0 unspecified atom stereocenters. The van der Waals surface area contributed by atoms with Gasteiger partial charge in [0.15, 0.2) is 0 Å². The van der Waals surface area contributed by atoms with E-state index in [2.05, 4.69) is 4.98 Å². The smallest absolute Gasteiger partial charge is 0.306 e. The Hall–Kier alpha value is -2.02. The van der Waals surface area contributed by atoms with Gasteiger partial charge in [0.05, 0.1) is 22.7 Å². The fourth-order valence-corrected chi connectivity index (χ4v) is 1.31. The lowest BCUT2D eigenvalue weighted by Crippen LogP contribution is -2.11. The van der Waals surface area contributed by atoms with Crippen LogP contribution in [-0.2, 0) is 7.05 Å². The van der Waals surface area contributed by atoms with E-state index in [0.29, 0.717) is 11.1 Å². The second kappa shape index (κ2) is 4.47. The summed E-state index contributed by atoms with van der Waals surface area (Å²) in [6, 6.07) is 7.13. The molecule has 4 heteroatoms. The molecule has 0 radical (unpaired) electrons. The maximum Gasteiger partial charge on any atom is 0.326 e. The van der Waals surface area contributed by atoms with Gasteiger partial charge in [-0.15, -0.1) is 0 Å². The molecule has 0 atom stereocenters. The van der Waals surface area contributed by atoms with Crippen molar-refractivity contribution in [3.63, 3.8) is 0 Å². The summed E-state index contributed by atoms with van der Waals surface area (Å²) in [4.78, 5) is 13.8. The molecule has 1 aromatic carbocycles. The number of aromatic nitrogens is 2. The quantitative estimate of drug-likeness (QED) is 0.709. The zero-order chi connectivity index (χ0) is 11.4. The van der Waals surface area contributed by atoms with E-state index in [1.807, 2.05) is 19.9 Å². The van der Waals surface area contributed by atoms with Crippen molar-refractivity contribution in [2.45, 2.75) is 13.8 Å². The standard InChI is InChI=1S/C9H7N3O.C2H6/c1-12-8-3-2-6(5-10)4-7(8)11-9(12)13;1-2/h2-4H,1H3,(H,11,13);1-2H3. The largest absolute Gasteiger partial charge is 0.326 e. The maximum atomic E-state index is 11.2. The first-order valence-electron chi connectivity index (χ1n) is 4.81. The van der Waals surface area contributed by atoms with E-state index in [-0.39, 0.29) is 5.69 Å². The third-order valence-corrected chi connectivity index (χ3v) is 2.03. The Labute approximate surface area is 87.8 Å². The van der Waals surface area contributed by atoms with Crippen LogP contribution in [0.1, 0.15) is 19.4 Å². The molecule has 0 fully saturated rings. The van der Waals surface area contributed by atoms with E-state index in [1.54, 1.807) is 25.2 Å². The number of rotatable bonds is 0. The molecule has 0 aliphatic carbocycles. The van der Waals surface area contributed by atoms with Gasteiger partial charge in [0.25, 0.3) is 0 Å². The minimum atomic E-state index is -0.162. The molecule has 4 nitrogen and oxygen atoms in total. The summed E-state index contributed by atoms with van der Waals surface area (Å²) < 4.78 is 1.51. The van der Waals surface area contributed by atoms with Crippen LogP contribution in [0.15, 0.2) is 23.0 Å². The molecule has 0 aliphatic rings. The molecule has 0 bridgehead atoms. The van der Waals surface area contributed by atoms with Gasteiger partial charge in [-0.1, -0.05) is 13.8 Å².